The van der Waals surface area contributed by atoms with Crippen molar-refractivity contribution in [3.63, 3.8) is 0 Å². The van der Waals surface area contributed by atoms with Crippen LogP contribution in [0.2, 0.25) is 0 Å². The van der Waals surface area contributed by atoms with Crippen LogP contribution in [-0.4, -0.2) is 17.4 Å². The van der Waals surface area contributed by atoms with E-state index in [1.165, 1.54) is 5.01 Å². The van der Waals surface area contributed by atoms with E-state index in [1.807, 2.05) is 37.3 Å². The van der Waals surface area contributed by atoms with Gasteiger partial charge >= 0.3 is 0 Å². The molecular weight excluding hydrogens is 282 g/mol. The van der Waals surface area contributed by atoms with Gasteiger partial charge in [0.05, 0.1) is 5.01 Å². The molecule has 0 bridgehead atoms. The molecule has 4 nitrogen and oxygen atoms in total. The smallest absolute Gasteiger partial charge is 0.241 e. The van der Waals surface area contributed by atoms with Gasteiger partial charge < -0.3 is 11.1 Å². The van der Waals surface area contributed by atoms with Crippen LogP contribution >= 0.6 is 11.3 Å². The van der Waals surface area contributed by atoms with Crippen LogP contribution in [0.4, 0.5) is 0 Å². The Kier molecular flexibility index (Phi) is 5.90. The Labute approximate surface area is 129 Å². The monoisotopic (exact) mass is 303 g/mol. The number of nitrogens with one attached hydrogen (secondary N) is 1. The number of aromatic nitrogens is 1. The summed E-state index contributed by atoms with van der Waals surface area (Å²) in [6.07, 6.45) is 2.93. The first kappa shape index (κ1) is 15.7. The molecule has 21 heavy (non-hydrogen) atoms. The van der Waals surface area contributed by atoms with Gasteiger partial charge in [-0.25, -0.2) is 4.98 Å². The van der Waals surface area contributed by atoms with Gasteiger partial charge in [0.1, 0.15) is 6.04 Å². The van der Waals surface area contributed by atoms with E-state index in [9.17, 15) is 4.79 Å². The lowest BCUT2D eigenvalue weighted by Crippen LogP contribution is -2.34. The molecule has 0 aliphatic rings. The number of thiazole rings is 1. The first-order valence-corrected chi connectivity index (χ1v) is 8.04. The van der Waals surface area contributed by atoms with E-state index in [4.69, 9.17) is 5.73 Å². The fourth-order valence-corrected chi connectivity index (χ4v) is 2.87. The average Bonchev–Trinajstić information content (AvgIpc) is 2.92. The molecule has 112 valence electrons. The molecule has 1 aromatic carbocycles. The Hall–Kier alpha value is -1.72. The summed E-state index contributed by atoms with van der Waals surface area (Å²) in [5, 5.41) is 6.12. The lowest BCUT2D eigenvalue weighted by Gasteiger charge is -2.12. The standard InChI is InChI=1S/C16H21N3OS/c1-12-11-21-14(19-12)9-5-6-10-18-16(20)15(17)13-7-3-2-4-8-13/h2-4,7-8,11,15H,5-6,9-10,17H2,1H3,(H,18,20). The quantitative estimate of drug-likeness (QED) is 0.773. The molecule has 3 N–H and O–H groups in total. The van der Waals surface area contributed by atoms with Gasteiger partial charge in [0.15, 0.2) is 0 Å². The number of nitrogens with two attached hydrogens (primary N) is 1. The predicted octanol–water partition coefficient (Wildman–Crippen LogP) is 2.59. The van der Waals surface area contributed by atoms with Crippen LogP contribution in [0.25, 0.3) is 0 Å². The summed E-state index contributed by atoms with van der Waals surface area (Å²) in [6, 6.07) is 8.84. The summed E-state index contributed by atoms with van der Waals surface area (Å²) in [6.45, 7) is 2.66. The van der Waals surface area contributed by atoms with Crippen LogP contribution in [0.3, 0.4) is 0 Å². The lowest BCUT2D eigenvalue weighted by molar-refractivity contribution is -0.122. The zero-order chi connectivity index (χ0) is 15.1. The summed E-state index contributed by atoms with van der Waals surface area (Å²) in [5.74, 6) is -0.119. The van der Waals surface area contributed by atoms with Crippen molar-refractivity contribution in [1.82, 2.24) is 10.3 Å². The molecule has 2 aromatic rings. The second-order valence-electron chi connectivity index (χ2n) is 5.02. The number of rotatable bonds is 7. The van der Waals surface area contributed by atoms with Crippen molar-refractivity contribution < 1.29 is 4.79 Å². The Morgan fingerprint density at radius 1 is 1.33 bits per heavy atom. The fourth-order valence-electron chi connectivity index (χ4n) is 2.05. The van der Waals surface area contributed by atoms with Gasteiger partial charge in [0.2, 0.25) is 5.91 Å². The topological polar surface area (TPSA) is 68.0 Å². The van der Waals surface area contributed by atoms with Crippen molar-refractivity contribution in [1.29, 1.82) is 0 Å². The second-order valence-corrected chi connectivity index (χ2v) is 5.96. The maximum absolute atomic E-state index is 11.9. The van der Waals surface area contributed by atoms with E-state index in [0.29, 0.717) is 6.54 Å². The van der Waals surface area contributed by atoms with Gasteiger partial charge in [-0.1, -0.05) is 30.3 Å². The molecule has 1 heterocycles. The van der Waals surface area contributed by atoms with Crippen LogP contribution < -0.4 is 11.1 Å². The zero-order valence-corrected chi connectivity index (χ0v) is 13.0. The number of carbonyl (C=O) groups is 1. The Bertz CT molecular complexity index is 568. The maximum atomic E-state index is 11.9. The van der Waals surface area contributed by atoms with Crippen molar-refractivity contribution in [2.45, 2.75) is 32.2 Å². The summed E-state index contributed by atoms with van der Waals surface area (Å²) in [4.78, 5) is 16.4. The zero-order valence-electron chi connectivity index (χ0n) is 12.2. The van der Waals surface area contributed by atoms with E-state index >= 15 is 0 Å². The molecule has 1 aromatic heterocycles. The van der Waals surface area contributed by atoms with Gasteiger partial charge in [-0.2, -0.15) is 0 Å². The summed E-state index contributed by atoms with van der Waals surface area (Å²) in [5.41, 5.74) is 7.85. The third kappa shape index (κ3) is 4.95. The molecule has 0 saturated heterocycles. The minimum absolute atomic E-state index is 0.119. The van der Waals surface area contributed by atoms with Crippen molar-refractivity contribution in [3.05, 3.63) is 52.0 Å². The summed E-state index contributed by atoms with van der Waals surface area (Å²) < 4.78 is 0. The number of hydrogen-bond acceptors (Lipinski definition) is 4. The molecule has 0 aliphatic carbocycles. The Balaban J connectivity index is 1.65. The number of benzene rings is 1. The largest absolute Gasteiger partial charge is 0.354 e. The fraction of sp³-hybridized carbons (Fsp3) is 0.375. The number of hydrogen-bond donors (Lipinski definition) is 2. The van der Waals surface area contributed by atoms with Gasteiger partial charge in [-0.3, -0.25) is 4.79 Å². The van der Waals surface area contributed by atoms with Gasteiger partial charge in [0.25, 0.3) is 0 Å². The van der Waals surface area contributed by atoms with Crippen molar-refractivity contribution in [3.8, 4) is 0 Å². The van der Waals surface area contributed by atoms with E-state index in [0.717, 1.165) is 30.5 Å². The molecule has 0 radical (unpaired) electrons. The first-order chi connectivity index (χ1) is 10.2. The SMILES string of the molecule is Cc1csc(CCCCNC(=O)C(N)c2ccccc2)n1. The van der Waals surface area contributed by atoms with Crippen LogP contribution in [0, 0.1) is 6.92 Å². The second kappa shape index (κ2) is 7.90. The highest BCUT2D eigenvalue weighted by molar-refractivity contribution is 7.09. The third-order valence-corrected chi connectivity index (χ3v) is 4.25. The predicted molar refractivity (Wildman–Crippen MR) is 86.2 cm³/mol. The van der Waals surface area contributed by atoms with E-state index < -0.39 is 6.04 Å². The minimum atomic E-state index is -0.590. The molecule has 1 unspecified atom stereocenters. The number of aryl methyl sites for hydroxylation is 2. The van der Waals surface area contributed by atoms with Gasteiger partial charge in [-0.15, -0.1) is 11.3 Å². The van der Waals surface area contributed by atoms with E-state index in [1.54, 1.807) is 11.3 Å². The molecule has 0 fully saturated rings. The number of carbonyl (C=O) groups excluding carboxylic acids is 1. The highest BCUT2D eigenvalue weighted by Crippen LogP contribution is 2.12. The Morgan fingerprint density at radius 2 is 2.10 bits per heavy atom. The van der Waals surface area contributed by atoms with Crippen molar-refractivity contribution in [2.24, 2.45) is 5.73 Å². The van der Waals surface area contributed by atoms with Crippen LogP contribution in [0.5, 0.6) is 0 Å². The van der Waals surface area contributed by atoms with Crippen LogP contribution in [0.15, 0.2) is 35.7 Å². The highest BCUT2D eigenvalue weighted by atomic mass is 32.1. The van der Waals surface area contributed by atoms with Crippen LogP contribution in [-0.2, 0) is 11.2 Å². The maximum Gasteiger partial charge on any atom is 0.241 e. The Morgan fingerprint density at radius 3 is 2.76 bits per heavy atom. The first-order valence-electron chi connectivity index (χ1n) is 7.16. The lowest BCUT2D eigenvalue weighted by atomic mass is 10.1. The molecule has 1 atom stereocenters. The van der Waals surface area contributed by atoms with Crippen molar-refractivity contribution in [2.75, 3.05) is 6.54 Å². The normalized spacial score (nSPS) is 12.1. The average molecular weight is 303 g/mol. The summed E-state index contributed by atoms with van der Waals surface area (Å²) in [7, 11) is 0. The summed E-state index contributed by atoms with van der Waals surface area (Å²) >= 11 is 1.70. The van der Waals surface area contributed by atoms with E-state index in [-0.39, 0.29) is 5.91 Å². The minimum Gasteiger partial charge on any atom is -0.354 e. The highest BCUT2D eigenvalue weighted by Gasteiger charge is 2.14. The molecule has 0 saturated carbocycles. The number of amides is 1. The molecular formula is C16H21N3OS. The molecule has 1 amide bonds. The number of nitrogens with zero attached hydrogens (tertiary/aromatic N) is 1. The van der Waals surface area contributed by atoms with Gasteiger partial charge in [0, 0.05) is 17.6 Å². The van der Waals surface area contributed by atoms with E-state index in [2.05, 4.69) is 15.7 Å². The van der Waals surface area contributed by atoms with Crippen molar-refractivity contribution >= 4 is 17.2 Å². The molecule has 2 rings (SSSR count). The third-order valence-electron chi connectivity index (χ3n) is 3.22. The number of unbranched alkanes of at least 4 members (excludes halogenated alkanes) is 1. The molecule has 5 heteroatoms. The molecule has 0 aliphatic heterocycles. The molecule has 0 spiro atoms. The van der Waals surface area contributed by atoms with Gasteiger partial charge in [-0.05, 0) is 31.7 Å². The van der Waals surface area contributed by atoms with Crippen LogP contribution in [0.1, 0.15) is 35.1 Å².